The minimum atomic E-state index is -0.719. The van der Waals surface area contributed by atoms with Crippen molar-refractivity contribution in [1.29, 1.82) is 0 Å². The van der Waals surface area contributed by atoms with Gasteiger partial charge in [0.25, 0.3) is 0 Å². The van der Waals surface area contributed by atoms with E-state index in [0.717, 1.165) is 6.42 Å². The van der Waals surface area contributed by atoms with Crippen LogP contribution in [0, 0.1) is 5.92 Å². The molecule has 0 spiro atoms. The van der Waals surface area contributed by atoms with E-state index in [0.29, 0.717) is 38.3 Å². The fraction of sp³-hybridized carbons (Fsp3) is 0.933. The fourth-order valence-corrected chi connectivity index (χ4v) is 2.75. The van der Waals surface area contributed by atoms with Crippen molar-refractivity contribution in [3.8, 4) is 0 Å². The van der Waals surface area contributed by atoms with Crippen LogP contribution in [0.2, 0.25) is 0 Å². The highest BCUT2D eigenvalue weighted by Gasteiger charge is 2.35. The van der Waals surface area contributed by atoms with Crippen LogP contribution >= 0.6 is 0 Å². The van der Waals surface area contributed by atoms with Crippen molar-refractivity contribution >= 4 is 5.97 Å². The van der Waals surface area contributed by atoms with Crippen molar-refractivity contribution in [3.05, 3.63) is 0 Å². The smallest absolute Gasteiger partial charge is 0.306 e. The minimum Gasteiger partial charge on any atom is -0.481 e. The van der Waals surface area contributed by atoms with Crippen molar-refractivity contribution in [2.45, 2.75) is 76.9 Å². The Bertz CT molecular complexity index is 273. The van der Waals surface area contributed by atoms with Gasteiger partial charge in [0.2, 0.25) is 0 Å². The van der Waals surface area contributed by atoms with Gasteiger partial charge in [-0.15, -0.1) is 0 Å². The van der Waals surface area contributed by atoms with Crippen LogP contribution in [-0.4, -0.2) is 34.4 Å². The number of aliphatic carboxylic acids is 1. The lowest BCUT2D eigenvalue weighted by atomic mass is 9.78. The summed E-state index contributed by atoms with van der Waals surface area (Å²) in [5.41, 5.74) is -0.703. The maximum Gasteiger partial charge on any atom is 0.306 e. The fourth-order valence-electron chi connectivity index (χ4n) is 2.75. The molecule has 1 atom stereocenters. The molecule has 0 heterocycles. The number of hydrogen-bond donors (Lipinski definition) is 3. The SMILES string of the molecule is CCCCCC(C)NCC1(O)CCC(C(=O)O)CC1. The highest BCUT2D eigenvalue weighted by Crippen LogP contribution is 2.31. The Labute approximate surface area is 116 Å². The molecule has 4 nitrogen and oxygen atoms in total. The molecule has 0 aliphatic heterocycles. The first-order valence-corrected chi connectivity index (χ1v) is 7.65. The van der Waals surface area contributed by atoms with Gasteiger partial charge in [-0.2, -0.15) is 0 Å². The van der Waals surface area contributed by atoms with Crippen LogP contribution in [0.15, 0.2) is 0 Å². The van der Waals surface area contributed by atoms with Gasteiger partial charge >= 0.3 is 5.97 Å². The molecule has 1 fully saturated rings. The highest BCUT2D eigenvalue weighted by molar-refractivity contribution is 5.70. The van der Waals surface area contributed by atoms with Gasteiger partial charge in [-0.3, -0.25) is 4.79 Å². The van der Waals surface area contributed by atoms with Crippen LogP contribution in [0.3, 0.4) is 0 Å². The Morgan fingerprint density at radius 2 is 2.00 bits per heavy atom. The first kappa shape index (κ1) is 16.4. The van der Waals surface area contributed by atoms with Gasteiger partial charge in [0, 0.05) is 12.6 Å². The number of hydrogen-bond acceptors (Lipinski definition) is 3. The van der Waals surface area contributed by atoms with Gasteiger partial charge < -0.3 is 15.5 Å². The van der Waals surface area contributed by atoms with Crippen LogP contribution in [0.25, 0.3) is 0 Å². The van der Waals surface area contributed by atoms with E-state index in [1.807, 2.05) is 0 Å². The third-order valence-electron chi connectivity index (χ3n) is 4.29. The van der Waals surface area contributed by atoms with E-state index in [9.17, 15) is 9.90 Å². The molecule has 0 amide bonds. The van der Waals surface area contributed by atoms with E-state index >= 15 is 0 Å². The summed E-state index contributed by atoms with van der Waals surface area (Å²) in [6.45, 7) is 4.94. The lowest BCUT2D eigenvalue weighted by Crippen LogP contribution is -2.46. The quantitative estimate of drug-likeness (QED) is 0.593. The Kier molecular flexibility index (Phi) is 6.80. The molecule has 112 valence electrons. The molecule has 0 aromatic rings. The Morgan fingerprint density at radius 1 is 1.37 bits per heavy atom. The maximum absolute atomic E-state index is 10.9. The van der Waals surface area contributed by atoms with E-state index in [1.54, 1.807) is 0 Å². The number of carbonyl (C=O) groups is 1. The molecule has 19 heavy (non-hydrogen) atoms. The molecule has 4 heteroatoms. The van der Waals surface area contributed by atoms with Crippen molar-refractivity contribution in [2.24, 2.45) is 5.92 Å². The second kappa shape index (κ2) is 7.85. The van der Waals surface area contributed by atoms with Gasteiger partial charge in [0.1, 0.15) is 0 Å². The van der Waals surface area contributed by atoms with Crippen LogP contribution in [0.1, 0.15) is 65.2 Å². The first-order valence-electron chi connectivity index (χ1n) is 7.65. The van der Waals surface area contributed by atoms with E-state index in [1.165, 1.54) is 19.3 Å². The summed E-state index contributed by atoms with van der Waals surface area (Å²) in [4.78, 5) is 10.9. The average molecular weight is 271 g/mol. The number of nitrogens with one attached hydrogen (secondary N) is 1. The summed E-state index contributed by atoms with van der Waals surface area (Å²) < 4.78 is 0. The molecule has 0 bridgehead atoms. The molecule has 1 saturated carbocycles. The molecule has 0 saturated heterocycles. The summed E-state index contributed by atoms with van der Waals surface area (Å²) in [7, 11) is 0. The third-order valence-corrected chi connectivity index (χ3v) is 4.29. The Balaban J connectivity index is 2.23. The molecule has 0 radical (unpaired) electrons. The van der Waals surface area contributed by atoms with Crippen molar-refractivity contribution < 1.29 is 15.0 Å². The van der Waals surface area contributed by atoms with E-state index < -0.39 is 11.6 Å². The van der Waals surface area contributed by atoms with Gasteiger partial charge in [0.05, 0.1) is 11.5 Å². The lowest BCUT2D eigenvalue weighted by Gasteiger charge is -2.35. The summed E-state index contributed by atoms with van der Waals surface area (Å²) in [5.74, 6) is -0.981. The zero-order valence-corrected chi connectivity index (χ0v) is 12.3. The zero-order valence-electron chi connectivity index (χ0n) is 12.3. The monoisotopic (exact) mass is 271 g/mol. The third kappa shape index (κ3) is 5.91. The molecule has 0 aromatic heterocycles. The molecule has 1 aliphatic rings. The van der Waals surface area contributed by atoms with Gasteiger partial charge in [0.15, 0.2) is 0 Å². The normalized spacial score (nSPS) is 29.1. The Morgan fingerprint density at radius 3 is 2.53 bits per heavy atom. The van der Waals surface area contributed by atoms with Crippen molar-refractivity contribution in [3.63, 3.8) is 0 Å². The van der Waals surface area contributed by atoms with E-state index in [2.05, 4.69) is 19.2 Å². The second-order valence-electron chi connectivity index (χ2n) is 6.11. The molecule has 1 rings (SSSR count). The molecule has 1 aliphatic carbocycles. The van der Waals surface area contributed by atoms with E-state index in [-0.39, 0.29) is 5.92 Å². The predicted molar refractivity (Wildman–Crippen MR) is 76.2 cm³/mol. The minimum absolute atomic E-state index is 0.262. The lowest BCUT2D eigenvalue weighted by molar-refractivity contribution is -0.144. The standard InChI is InChI=1S/C15H29NO3/c1-3-4-5-6-12(2)16-11-15(19)9-7-13(8-10-15)14(17)18/h12-13,16,19H,3-11H2,1-2H3,(H,17,18). The molecule has 0 aromatic carbocycles. The van der Waals surface area contributed by atoms with Crippen molar-refractivity contribution in [2.75, 3.05) is 6.54 Å². The predicted octanol–water partition coefficient (Wildman–Crippen LogP) is 2.55. The largest absolute Gasteiger partial charge is 0.481 e. The summed E-state index contributed by atoms with van der Waals surface area (Å²) in [6, 6.07) is 0.424. The number of carboxylic acid groups (broad SMARTS) is 1. The molecular weight excluding hydrogens is 242 g/mol. The number of carboxylic acids is 1. The highest BCUT2D eigenvalue weighted by atomic mass is 16.4. The van der Waals surface area contributed by atoms with Gasteiger partial charge in [-0.05, 0) is 39.0 Å². The molecule has 3 N–H and O–H groups in total. The van der Waals surface area contributed by atoms with E-state index in [4.69, 9.17) is 5.11 Å². The number of unbranched alkanes of at least 4 members (excludes halogenated alkanes) is 2. The van der Waals surface area contributed by atoms with Crippen molar-refractivity contribution in [1.82, 2.24) is 5.32 Å². The van der Waals surface area contributed by atoms with Crippen LogP contribution < -0.4 is 5.32 Å². The molecule has 1 unspecified atom stereocenters. The zero-order chi connectivity index (χ0) is 14.3. The first-order chi connectivity index (χ1) is 8.97. The van der Waals surface area contributed by atoms with Crippen LogP contribution in [0.5, 0.6) is 0 Å². The van der Waals surface area contributed by atoms with Gasteiger partial charge in [-0.25, -0.2) is 0 Å². The number of rotatable bonds is 8. The summed E-state index contributed by atoms with van der Waals surface area (Å²) in [6.07, 6.45) is 7.24. The van der Waals surface area contributed by atoms with Crippen LogP contribution in [0.4, 0.5) is 0 Å². The Hall–Kier alpha value is -0.610. The maximum atomic E-state index is 10.9. The second-order valence-corrected chi connectivity index (χ2v) is 6.11. The number of aliphatic hydroxyl groups is 1. The van der Waals surface area contributed by atoms with Crippen LogP contribution in [-0.2, 0) is 4.79 Å². The summed E-state index contributed by atoms with van der Waals surface area (Å²) >= 11 is 0. The molecular formula is C15H29NO3. The summed E-state index contributed by atoms with van der Waals surface area (Å²) in [5, 5.41) is 22.8. The van der Waals surface area contributed by atoms with Gasteiger partial charge in [-0.1, -0.05) is 26.2 Å². The topological polar surface area (TPSA) is 69.6 Å². The average Bonchev–Trinajstić information content (AvgIpc) is 2.37.